The molecule has 16 heavy (non-hydrogen) atoms. The van der Waals surface area contributed by atoms with Crippen LogP contribution in [0.4, 0.5) is 0 Å². The Hall–Kier alpha value is -1.35. The van der Waals surface area contributed by atoms with Gasteiger partial charge in [0.25, 0.3) is 0 Å². The molecular weight excluding hydrogens is 204 g/mol. The Morgan fingerprint density at radius 2 is 2.06 bits per heavy atom. The Balaban J connectivity index is 1.88. The van der Waals surface area contributed by atoms with Gasteiger partial charge in [-0.3, -0.25) is 0 Å². The lowest BCUT2D eigenvalue weighted by Gasteiger charge is -2.20. The Bertz CT molecular complexity index is 366. The van der Waals surface area contributed by atoms with Crippen molar-refractivity contribution in [3.63, 3.8) is 0 Å². The van der Waals surface area contributed by atoms with Crippen molar-refractivity contribution in [1.82, 2.24) is 0 Å². The Morgan fingerprint density at radius 3 is 2.62 bits per heavy atom. The van der Waals surface area contributed by atoms with E-state index in [9.17, 15) is 9.90 Å². The molecule has 1 fully saturated rings. The predicted molar refractivity (Wildman–Crippen MR) is 59.6 cm³/mol. The molecule has 0 aromatic heterocycles. The standard InChI is InChI=1S/C13H16O3/c1-13(15,11-7-8-11)12(14)16-9-10-5-3-2-4-6-10/h2-6,11,15H,7-9H2,1H3/t13-/m1/s1. The predicted octanol–water partition coefficient (Wildman–Crippen LogP) is 1.89. The van der Waals surface area contributed by atoms with Crippen molar-refractivity contribution in [2.75, 3.05) is 0 Å². The van der Waals surface area contributed by atoms with E-state index in [1.165, 1.54) is 6.92 Å². The zero-order valence-corrected chi connectivity index (χ0v) is 9.35. The van der Waals surface area contributed by atoms with E-state index in [2.05, 4.69) is 0 Å². The first-order chi connectivity index (χ1) is 7.60. The number of carbonyl (C=O) groups excluding carboxylic acids is 1. The summed E-state index contributed by atoms with van der Waals surface area (Å²) in [5, 5.41) is 9.93. The monoisotopic (exact) mass is 220 g/mol. The molecule has 3 heteroatoms. The number of esters is 1. The summed E-state index contributed by atoms with van der Waals surface area (Å²) in [4.78, 5) is 11.6. The number of hydrogen-bond donors (Lipinski definition) is 1. The molecule has 86 valence electrons. The number of aliphatic hydroxyl groups is 1. The fourth-order valence-corrected chi connectivity index (χ4v) is 1.68. The molecule has 0 bridgehead atoms. The molecule has 0 amide bonds. The van der Waals surface area contributed by atoms with E-state index in [0.29, 0.717) is 0 Å². The van der Waals surface area contributed by atoms with Crippen molar-refractivity contribution in [2.24, 2.45) is 5.92 Å². The highest BCUT2D eigenvalue weighted by molar-refractivity contribution is 5.79. The number of hydrogen-bond acceptors (Lipinski definition) is 3. The van der Waals surface area contributed by atoms with Gasteiger partial charge in [0.2, 0.25) is 0 Å². The van der Waals surface area contributed by atoms with Crippen molar-refractivity contribution in [2.45, 2.75) is 32.0 Å². The van der Waals surface area contributed by atoms with E-state index in [4.69, 9.17) is 4.74 Å². The molecule has 3 nitrogen and oxygen atoms in total. The maximum atomic E-state index is 11.6. The van der Waals surface area contributed by atoms with Crippen LogP contribution in [0.3, 0.4) is 0 Å². The average Bonchev–Trinajstić information content (AvgIpc) is 3.11. The van der Waals surface area contributed by atoms with Crippen LogP contribution >= 0.6 is 0 Å². The highest BCUT2D eigenvalue weighted by Crippen LogP contribution is 2.40. The van der Waals surface area contributed by atoms with Crippen LogP contribution in [0.15, 0.2) is 30.3 Å². The minimum absolute atomic E-state index is 0.0794. The van der Waals surface area contributed by atoms with Crippen molar-refractivity contribution < 1.29 is 14.6 Å². The van der Waals surface area contributed by atoms with E-state index in [-0.39, 0.29) is 12.5 Å². The molecular formula is C13H16O3. The number of ether oxygens (including phenoxy) is 1. The van der Waals surface area contributed by atoms with E-state index in [1.54, 1.807) is 0 Å². The van der Waals surface area contributed by atoms with Gasteiger partial charge in [0.15, 0.2) is 5.60 Å². The molecule has 1 N–H and O–H groups in total. The minimum Gasteiger partial charge on any atom is -0.459 e. The largest absolute Gasteiger partial charge is 0.459 e. The Kier molecular flexibility index (Phi) is 2.97. The van der Waals surface area contributed by atoms with Gasteiger partial charge < -0.3 is 9.84 Å². The number of rotatable bonds is 4. The number of carbonyl (C=O) groups is 1. The second-order valence-corrected chi connectivity index (χ2v) is 4.48. The van der Waals surface area contributed by atoms with Gasteiger partial charge in [-0.1, -0.05) is 30.3 Å². The normalized spacial score (nSPS) is 18.9. The van der Waals surface area contributed by atoms with Crippen LogP contribution < -0.4 is 0 Å². The van der Waals surface area contributed by atoms with Crippen molar-refractivity contribution in [3.8, 4) is 0 Å². The summed E-state index contributed by atoms with van der Waals surface area (Å²) in [6, 6.07) is 9.47. The molecule has 1 saturated carbocycles. The van der Waals surface area contributed by atoms with Crippen LogP contribution in [-0.2, 0) is 16.1 Å². The van der Waals surface area contributed by atoms with Gasteiger partial charge in [-0.25, -0.2) is 4.79 Å². The molecule has 0 saturated heterocycles. The Labute approximate surface area is 95.0 Å². The van der Waals surface area contributed by atoms with Crippen LogP contribution in [0.2, 0.25) is 0 Å². The van der Waals surface area contributed by atoms with Crippen molar-refractivity contribution >= 4 is 5.97 Å². The van der Waals surface area contributed by atoms with E-state index in [1.807, 2.05) is 30.3 Å². The minimum atomic E-state index is -1.31. The second kappa shape index (κ2) is 4.26. The van der Waals surface area contributed by atoms with Gasteiger partial charge in [0.05, 0.1) is 0 Å². The van der Waals surface area contributed by atoms with Gasteiger partial charge >= 0.3 is 5.97 Å². The van der Waals surface area contributed by atoms with Crippen LogP contribution in [0.1, 0.15) is 25.3 Å². The lowest BCUT2D eigenvalue weighted by atomic mass is 10.0. The third-order valence-electron chi connectivity index (χ3n) is 3.00. The lowest BCUT2D eigenvalue weighted by molar-refractivity contribution is -0.167. The van der Waals surface area contributed by atoms with Gasteiger partial charge in [-0.2, -0.15) is 0 Å². The fourth-order valence-electron chi connectivity index (χ4n) is 1.68. The van der Waals surface area contributed by atoms with Crippen LogP contribution in [0.5, 0.6) is 0 Å². The average molecular weight is 220 g/mol. The fraction of sp³-hybridized carbons (Fsp3) is 0.462. The summed E-state index contributed by atoms with van der Waals surface area (Å²) in [5.41, 5.74) is -0.378. The van der Waals surface area contributed by atoms with Crippen molar-refractivity contribution in [1.29, 1.82) is 0 Å². The first-order valence-electron chi connectivity index (χ1n) is 5.54. The van der Waals surface area contributed by atoms with Gasteiger partial charge in [0.1, 0.15) is 6.61 Å². The quantitative estimate of drug-likeness (QED) is 0.788. The zero-order chi connectivity index (χ0) is 11.6. The molecule has 2 rings (SSSR count). The first kappa shape index (κ1) is 11.1. The summed E-state index contributed by atoms with van der Waals surface area (Å²) in [6.45, 7) is 1.76. The smallest absolute Gasteiger partial charge is 0.338 e. The van der Waals surface area contributed by atoms with E-state index in [0.717, 1.165) is 18.4 Å². The van der Waals surface area contributed by atoms with Crippen molar-refractivity contribution in [3.05, 3.63) is 35.9 Å². The molecule has 0 aliphatic heterocycles. The molecule has 0 unspecified atom stereocenters. The van der Waals surface area contributed by atoms with Gasteiger partial charge in [-0.15, -0.1) is 0 Å². The molecule has 1 atom stereocenters. The third-order valence-corrected chi connectivity index (χ3v) is 3.00. The molecule has 1 aromatic carbocycles. The molecule has 0 radical (unpaired) electrons. The van der Waals surface area contributed by atoms with Crippen LogP contribution in [0, 0.1) is 5.92 Å². The summed E-state index contributed by atoms with van der Waals surface area (Å²) < 4.78 is 5.11. The lowest BCUT2D eigenvalue weighted by Crippen LogP contribution is -2.38. The molecule has 1 aromatic rings. The zero-order valence-electron chi connectivity index (χ0n) is 9.35. The third kappa shape index (κ3) is 2.42. The number of benzene rings is 1. The molecule has 0 spiro atoms. The first-order valence-corrected chi connectivity index (χ1v) is 5.54. The second-order valence-electron chi connectivity index (χ2n) is 4.48. The summed E-state index contributed by atoms with van der Waals surface area (Å²) >= 11 is 0. The summed E-state index contributed by atoms with van der Waals surface area (Å²) in [5.74, 6) is -0.436. The van der Waals surface area contributed by atoms with Crippen LogP contribution in [0.25, 0.3) is 0 Å². The maximum absolute atomic E-state index is 11.6. The highest BCUT2D eigenvalue weighted by atomic mass is 16.5. The molecule has 1 aliphatic carbocycles. The van der Waals surface area contributed by atoms with Gasteiger partial charge in [0, 0.05) is 0 Å². The SMILES string of the molecule is C[C@](O)(C(=O)OCc1ccccc1)C1CC1. The van der Waals surface area contributed by atoms with E-state index >= 15 is 0 Å². The van der Waals surface area contributed by atoms with Gasteiger partial charge in [-0.05, 0) is 31.2 Å². The summed E-state index contributed by atoms with van der Waals surface area (Å²) in [7, 11) is 0. The summed E-state index contributed by atoms with van der Waals surface area (Å²) in [6.07, 6.45) is 1.82. The highest BCUT2D eigenvalue weighted by Gasteiger charge is 2.46. The Morgan fingerprint density at radius 1 is 1.44 bits per heavy atom. The maximum Gasteiger partial charge on any atom is 0.338 e. The molecule has 0 heterocycles. The topological polar surface area (TPSA) is 46.5 Å². The van der Waals surface area contributed by atoms with E-state index < -0.39 is 11.6 Å². The molecule has 1 aliphatic rings. The van der Waals surface area contributed by atoms with Crippen LogP contribution in [-0.4, -0.2) is 16.7 Å².